The van der Waals surface area contributed by atoms with Gasteiger partial charge in [0.15, 0.2) is 11.6 Å². The molecule has 5 nitrogen and oxygen atoms in total. The number of carbonyl (C=O) groups is 3. The molecule has 0 radical (unpaired) electrons. The monoisotopic (exact) mass is 290 g/mol. The summed E-state index contributed by atoms with van der Waals surface area (Å²) in [6.45, 7) is 5.20. The number of ether oxygens (including phenoxy) is 1. The van der Waals surface area contributed by atoms with Crippen LogP contribution in [0, 0.1) is 11.8 Å². The molecule has 1 aliphatic rings. The largest absolute Gasteiger partial charge is 0.481 e. The first-order valence-corrected chi connectivity index (χ1v) is 6.76. The zero-order valence-electron chi connectivity index (χ0n) is 12.3. The Morgan fingerprint density at radius 2 is 1.67 bits per heavy atom. The Morgan fingerprint density at radius 3 is 2.05 bits per heavy atom. The van der Waals surface area contributed by atoms with Crippen LogP contribution in [0.15, 0.2) is 24.3 Å². The fourth-order valence-electron chi connectivity index (χ4n) is 2.38. The number of Topliss-reactive ketones (excluding diaryl/α,β-unsaturated/α-hetero) is 2. The Kier molecular flexibility index (Phi) is 3.96. The van der Waals surface area contributed by atoms with Gasteiger partial charge in [-0.2, -0.15) is 0 Å². The number of fused-ring (bicyclic) bond motifs is 1. The number of hydrogen-bond acceptors (Lipinski definition) is 4. The molecule has 1 unspecified atom stereocenters. The van der Waals surface area contributed by atoms with Crippen LogP contribution in [0.25, 0.3) is 0 Å². The molecule has 1 N–H and O–H groups in total. The molecule has 0 saturated carbocycles. The highest BCUT2D eigenvalue weighted by atomic mass is 16.5. The van der Waals surface area contributed by atoms with Crippen molar-refractivity contribution < 1.29 is 24.2 Å². The average Bonchev–Trinajstić information content (AvgIpc) is 2.63. The summed E-state index contributed by atoms with van der Waals surface area (Å²) in [6.07, 6.45) is 0. The van der Waals surface area contributed by atoms with E-state index >= 15 is 0 Å². The molecule has 0 bridgehead atoms. The summed E-state index contributed by atoms with van der Waals surface area (Å²) in [7, 11) is 0. The van der Waals surface area contributed by atoms with Crippen molar-refractivity contribution in [3.8, 4) is 0 Å². The minimum atomic E-state index is -1.20. The highest BCUT2D eigenvalue weighted by Crippen LogP contribution is 2.32. The van der Waals surface area contributed by atoms with Crippen LogP contribution in [-0.2, 0) is 9.53 Å². The van der Waals surface area contributed by atoms with Crippen molar-refractivity contribution in [1.29, 1.82) is 0 Å². The van der Waals surface area contributed by atoms with Gasteiger partial charge in [-0.05, 0) is 20.8 Å². The standard InChI is InChI=1S/C16H18O5/c1-16(2,3)21-8-11(15(19)20)12-13(17)9-6-4-5-7-10(9)14(12)18/h4-7,11-12H,8H2,1-3H3,(H,19,20). The van der Waals surface area contributed by atoms with Crippen LogP contribution in [-0.4, -0.2) is 34.9 Å². The van der Waals surface area contributed by atoms with Gasteiger partial charge in [-0.3, -0.25) is 14.4 Å². The third kappa shape index (κ3) is 3.03. The van der Waals surface area contributed by atoms with E-state index in [0.717, 1.165) is 0 Å². The highest BCUT2D eigenvalue weighted by Gasteiger charge is 2.46. The van der Waals surface area contributed by atoms with E-state index in [1.165, 1.54) is 0 Å². The van der Waals surface area contributed by atoms with E-state index in [1.807, 2.05) is 0 Å². The Balaban J connectivity index is 2.29. The van der Waals surface area contributed by atoms with Crippen LogP contribution in [0.3, 0.4) is 0 Å². The molecular weight excluding hydrogens is 272 g/mol. The molecule has 5 heteroatoms. The molecule has 112 valence electrons. The van der Waals surface area contributed by atoms with E-state index in [4.69, 9.17) is 4.74 Å². The first-order chi connectivity index (χ1) is 9.72. The molecular formula is C16H18O5. The van der Waals surface area contributed by atoms with Gasteiger partial charge in [-0.1, -0.05) is 24.3 Å². The molecule has 1 atom stereocenters. The molecule has 0 saturated heterocycles. The Bertz CT molecular complexity index is 562. The summed E-state index contributed by atoms with van der Waals surface area (Å²) >= 11 is 0. The molecule has 0 heterocycles. The maximum Gasteiger partial charge on any atom is 0.310 e. The lowest BCUT2D eigenvalue weighted by Crippen LogP contribution is -2.37. The van der Waals surface area contributed by atoms with Crippen molar-refractivity contribution in [2.24, 2.45) is 11.8 Å². The third-order valence-electron chi connectivity index (χ3n) is 3.44. The molecule has 0 amide bonds. The van der Waals surface area contributed by atoms with Crippen molar-refractivity contribution in [2.75, 3.05) is 6.61 Å². The highest BCUT2D eigenvalue weighted by molar-refractivity contribution is 6.27. The number of rotatable bonds is 4. The number of carbonyl (C=O) groups excluding carboxylic acids is 2. The second-order valence-corrected chi connectivity index (χ2v) is 6.12. The summed E-state index contributed by atoms with van der Waals surface area (Å²) in [5.74, 6) is -4.42. The SMILES string of the molecule is CC(C)(C)OCC(C(=O)O)C1C(=O)c2ccccc2C1=O. The lowest BCUT2D eigenvalue weighted by molar-refractivity contribution is -0.147. The van der Waals surface area contributed by atoms with E-state index in [9.17, 15) is 19.5 Å². The van der Waals surface area contributed by atoms with Gasteiger partial charge in [0, 0.05) is 11.1 Å². The second kappa shape index (κ2) is 5.41. The molecule has 1 aliphatic carbocycles. The third-order valence-corrected chi connectivity index (χ3v) is 3.44. The summed E-state index contributed by atoms with van der Waals surface area (Å²) in [4.78, 5) is 36.1. The summed E-state index contributed by atoms with van der Waals surface area (Å²) in [6, 6.07) is 6.43. The van der Waals surface area contributed by atoms with Gasteiger partial charge in [0.25, 0.3) is 0 Å². The lowest BCUT2D eigenvalue weighted by atomic mass is 9.88. The Labute approximate surface area is 122 Å². The Hall–Kier alpha value is -2.01. The average molecular weight is 290 g/mol. The zero-order valence-corrected chi connectivity index (χ0v) is 12.3. The summed E-state index contributed by atoms with van der Waals surface area (Å²) < 4.78 is 5.48. The minimum absolute atomic E-state index is 0.172. The van der Waals surface area contributed by atoms with Crippen molar-refractivity contribution in [3.05, 3.63) is 35.4 Å². The summed E-state index contributed by atoms with van der Waals surface area (Å²) in [5.41, 5.74) is 0.0645. The van der Waals surface area contributed by atoms with Crippen LogP contribution in [0.1, 0.15) is 41.5 Å². The molecule has 0 spiro atoms. The van der Waals surface area contributed by atoms with Crippen LogP contribution in [0.4, 0.5) is 0 Å². The molecule has 2 rings (SSSR count). The molecule has 1 aromatic rings. The molecule has 1 aromatic carbocycles. The number of aliphatic carboxylic acids is 1. The normalized spacial score (nSPS) is 16.9. The first-order valence-electron chi connectivity index (χ1n) is 6.76. The van der Waals surface area contributed by atoms with Gasteiger partial charge in [-0.15, -0.1) is 0 Å². The molecule has 21 heavy (non-hydrogen) atoms. The van der Waals surface area contributed by atoms with Crippen LogP contribution >= 0.6 is 0 Å². The van der Waals surface area contributed by atoms with Gasteiger partial charge in [0.05, 0.1) is 18.1 Å². The predicted molar refractivity (Wildman–Crippen MR) is 75.4 cm³/mol. The number of benzene rings is 1. The van der Waals surface area contributed by atoms with Crippen LogP contribution in [0.2, 0.25) is 0 Å². The molecule has 0 fully saturated rings. The van der Waals surface area contributed by atoms with Gasteiger partial charge >= 0.3 is 5.97 Å². The van der Waals surface area contributed by atoms with E-state index in [2.05, 4.69) is 0 Å². The Morgan fingerprint density at radius 1 is 1.19 bits per heavy atom. The minimum Gasteiger partial charge on any atom is -0.481 e. The number of carboxylic acid groups (broad SMARTS) is 1. The van der Waals surface area contributed by atoms with Crippen molar-refractivity contribution in [2.45, 2.75) is 26.4 Å². The van der Waals surface area contributed by atoms with Crippen molar-refractivity contribution in [3.63, 3.8) is 0 Å². The van der Waals surface area contributed by atoms with Crippen molar-refractivity contribution >= 4 is 17.5 Å². The molecule has 0 aliphatic heterocycles. The van der Waals surface area contributed by atoms with Gasteiger partial charge in [-0.25, -0.2) is 0 Å². The van der Waals surface area contributed by atoms with Crippen LogP contribution < -0.4 is 0 Å². The number of carboxylic acids is 1. The van der Waals surface area contributed by atoms with Crippen LogP contribution in [0.5, 0.6) is 0 Å². The fourth-order valence-corrected chi connectivity index (χ4v) is 2.38. The van der Waals surface area contributed by atoms with Gasteiger partial charge in [0.1, 0.15) is 5.92 Å². The predicted octanol–water partition coefficient (Wildman–Crippen LogP) is 2.20. The van der Waals surface area contributed by atoms with E-state index in [-0.39, 0.29) is 6.61 Å². The second-order valence-electron chi connectivity index (χ2n) is 6.12. The first kappa shape index (κ1) is 15.4. The maximum absolute atomic E-state index is 12.3. The maximum atomic E-state index is 12.3. The topological polar surface area (TPSA) is 80.7 Å². The number of ketones is 2. The zero-order chi connectivity index (χ0) is 15.8. The van der Waals surface area contributed by atoms with E-state index < -0.39 is 35.0 Å². The quantitative estimate of drug-likeness (QED) is 0.860. The van der Waals surface area contributed by atoms with Gasteiger partial charge in [0.2, 0.25) is 0 Å². The van der Waals surface area contributed by atoms with Crippen molar-refractivity contribution in [1.82, 2.24) is 0 Å². The lowest BCUT2D eigenvalue weighted by Gasteiger charge is -2.24. The number of hydrogen-bond donors (Lipinski definition) is 1. The van der Waals surface area contributed by atoms with E-state index in [1.54, 1.807) is 45.0 Å². The molecule has 0 aromatic heterocycles. The van der Waals surface area contributed by atoms with Gasteiger partial charge < -0.3 is 9.84 Å². The smallest absolute Gasteiger partial charge is 0.310 e. The van der Waals surface area contributed by atoms with E-state index in [0.29, 0.717) is 11.1 Å². The summed E-state index contributed by atoms with van der Waals surface area (Å²) in [5, 5.41) is 9.36. The fraction of sp³-hybridized carbons (Fsp3) is 0.438.